The number of unbranched alkanes of at least 4 members (excludes halogenated alkanes) is 1. The maximum absolute atomic E-state index is 12.4. The van der Waals surface area contributed by atoms with Crippen LogP contribution in [0.1, 0.15) is 30.1 Å². The van der Waals surface area contributed by atoms with Crippen LogP contribution in [0.15, 0.2) is 42.5 Å². The highest BCUT2D eigenvalue weighted by Crippen LogP contribution is 2.36. The van der Waals surface area contributed by atoms with Crippen molar-refractivity contribution in [3.05, 3.63) is 53.1 Å². The van der Waals surface area contributed by atoms with Gasteiger partial charge in [0.2, 0.25) is 0 Å². The lowest BCUT2D eigenvalue weighted by molar-refractivity contribution is 0.0943. The monoisotopic (exact) mass is 407 g/mol. The number of benzene rings is 2. The number of amides is 1. The molecule has 0 saturated heterocycles. The van der Waals surface area contributed by atoms with Crippen molar-refractivity contribution in [2.24, 2.45) is 0 Å². The van der Waals surface area contributed by atoms with Crippen LogP contribution in [-0.2, 0) is 0 Å². The summed E-state index contributed by atoms with van der Waals surface area (Å²) in [5.74, 6) is 0.416. The fourth-order valence-corrected chi connectivity index (χ4v) is 2.61. The molecule has 0 spiro atoms. The molecule has 0 atom stereocenters. The first-order chi connectivity index (χ1) is 13.0. The Morgan fingerprint density at radius 3 is 2.59 bits per heavy atom. The molecule has 1 amide bonds. The molecule has 0 aliphatic heterocycles. The molecule has 0 fully saturated rings. The Hall–Kier alpha value is -2.51. The highest BCUT2D eigenvalue weighted by Gasteiger charge is 2.16. The second-order valence-electron chi connectivity index (χ2n) is 5.59. The van der Waals surface area contributed by atoms with Crippen LogP contribution in [-0.4, -0.2) is 24.7 Å². The zero-order valence-corrected chi connectivity index (χ0v) is 16.7. The van der Waals surface area contributed by atoms with Gasteiger partial charge in [0.1, 0.15) is 0 Å². The van der Waals surface area contributed by atoms with E-state index < -0.39 is 5.91 Å². The van der Waals surface area contributed by atoms with Crippen molar-refractivity contribution in [1.29, 1.82) is 0 Å². The number of para-hydroxylation sites is 1. The first-order valence-electron chi connectivity index (χ1n) is 8.47. The van der Waals surface area contributed by atoms with Crippen LogP contribution in [0.4, 0.5) is 5.69 Å². The van der Waals surface area contributed by atoms with Crippen LogP contribution >= 0.6 is 23.8 Å². The summed E-state index contributed by atoms with van der Waals surface area (Å²) in [5, 5.41) is 3.52. The average molecular weight is 408 g/mol. The van der Waals surface area contributed by atoms with E-state index in [9.17, 15) is 4.79 Å². The molecule has 0 radical (unpaired) electrons. The van der Waals surface area contributed by atoms with E-state index in [2.05, 4.69) is 23.1 Å². The van der Waals surface area contributed by atoms with E-state index in [1.54, 1.807) is 6.07 Å². The van der Waals surface area contributed by atoms with Crippen LogP contribution in [0, 0.1) is 0 Å². The van der Waals surface area contributed by atoms with E-state index in [1.165, 1.54) is 13.2 Å². The van der Waals surface area contributed by atoms with Crippen LogP contribution in [0.3, 0.4) is 0 Å². The van der Waals surface area contributed by atoms with Crippen LogP contribution in [0.25, 0.3) is 0 Å². The van der Waals surface area contributed by atoms with Crippen molar-refractivity contribution in [2.45, 2.75) is 19.8 Å². The lowest BCUT2D eigenvalue weighted by Crippen LogP contribution is -2.43. The average Bonchev–Trinajstić information content (AvgIpc) is 2.67. The second-order valence-corrected chi connectivity index (χ2v) is 6.41. The maximum Gasteiger partial charge on any atom is 0.269 e. The van der Waals surface area contributed by atoms with Gasteiger partial charge in [0.05, 0.1) is 18.7 Å². The fraction of sp³-hybridized carbons (Fsp3) is 0.263. The first kappa shape index (κ1) is 20.8. The van der Waals surface area contributed by atoms with E-state index in [4.69, 9.17) is 33.3 Å². The Morgan fingerprint density at radius 2 is 1.93 bits per heavy atom. The Labute approximate surface area is 169 Å². The highest BCUT2D eigenvalue weighted by atomic mass is 35.5. The fourth-order valence-electron chi connectivity index (χ4n) is 2.18. The normalized spacial score (nSPS) is 10.0. The largest absolute Gasteiger partial charge is 0.493 e. The molecule has 0 bridgehead atoms. The minimum absolute atomic E-state index is 0.257. The third kappa shape index (κ3) is 6.30. The number of hydrogen-bond acceptors (Lipinski definition) is 4. The summed E-state index contributed by atoms with van der Waals surface area (Å²) in [4.78, 5) is 12.4. The predicted octanol–water partition coefficient (Wildman–Crippen LogP) is 4.16. The number of carbonyl (C=O) groups excluding carboxylic acids is 1. The molecule has 27 heavy (non-hydrogen) atoms. The smallest absolute Gasteiger partial charge is 0.269 e. The Bertz CT molecular complexity index is 787. The van der Waals surface area contributed by atoms with Gasteiger partial charge in [-0.2, -0.15) is 0 Å². The van der Waals surface area contributed by atoms with E-state index in [1.807, 2.05) is 30.3 Å². The molecular formula is C19H22ClN3O3S. The third-order valence-corrected chi connectivity index (χ3v) is 4.04. The number of halogens is 1. The standard InChI is InChI=1S/C19H22ClN3O3S/c1-3-4-10-26-17-15(20)11-13(12-16(17)25-2)18(24)22-23-19(27)21-14-8-6-5-7-9-14/h5-9,11-12H,3-4,10H2,1-2H3,(H,22,24)(H2,21,23,27). The number of rotatable bonds is 7. The van der Waals surface area contributed by atoms with Gasteiger partial charge in [0.25, 0.3) is 5.91 Å². The number of hydrazine groups is 1. The zero-order chi connectivity index (χ0) is 19.6. The van der Waals surface area contributed by atoms with Crippen molar-refractivity contribution >= 4 is 40.5 Å². The summed E-state index contributed by atoms with van der Waals surface area (Å²) in [5.41, 5.74) is 6.29. The van der Waals surface area contributed by atoms with Crippen LogP contribution in [0.5, 0.6) is 11.5 Å². The Morgan fingerprint density at radius 1 is 1.19 bits per heavy atom. The third-order valence-electron chi connectivity index (χ3n) is 3.56. The summed E-state index contributed by atoms with van der Waals surface area (Å²) < 4.78 is 11.0. The second kappa shape index (κ2) is 10.6. The van der Waals surface area contributed by atoms with Crippen molar-refractivity contribution in [1.82, 2.24) is 10.9 Å². The van der Waals surface area contributed by atoms with Crippen molar-refractivity contribution in [3.8, 4) is 11.5 Å². The number of nitrogens with one attached hydrogen (secondary N) is 3. The topological polar surface area (TPSA) is 71.6 Å². The molecule has 0 unspecified atom stereocenters. The maximum atomic E-state index is 12.4. The van der Waals surface area contributed by atoms with Crippen LogP contribution < -0.4 is 25.6 Å². The van der Waals surface area contributed by atoms with Gasteiger partial charge in [-0.15, -0.1) is 0 Å². The minimum Gasteiger partial charge on any atom is -0.493 e. The number of ether oxygens (including phenoxy) is 2. The molecule has 0 aliphatic carbocycles. The number of methoxy groups -OCH3 is 1. The van der Waals surface area contributed by atoms with Gasteiger partial charge in [0, 0.05) is 11.3 Å². The molecule has 0 heterocycles. The van der Waals surface area contributed by atoms with Gasteiger partial charge in [-0.25, -0.2) is 0 Å². The lowest BCUT2D eigenvalue weighted by Gasteiger charge is -2.15. The molecule has 2 aromatic carbocycles. The number of thiocarbonyl (C=S) groups is 1. The summed E-state index contributed by atoms with van der Waals surface area (Å²) in [6, 6.07) is 12.5. The SMILES string of the molecule is CCCCOc1c(Cl)cc(C(=O)NNC(=S)Nc2ccccc2)cc1OC. The van der Waals surface area contributed by atoms with Gasteiger partial charge in [0.15, 0.2) is 16.6 Å². The Kier molecular flexibility index (Phi) is 8.16. The van der Waals surface area contributed by atoms with Gasteiger partial charge >= 0.3 is 0 Å². The number of carbonyl (C=O) groups is 1. The Balaban J connectivity index is 1.99. The van der Waals surface area contributed by atoms with E-state index in [0.29, 0.717) is 28.7 Å². The van der Waals surface area contributed by atoms with Crippen LogP contribution in [0.2, 0.25) is 5.02 Å². The first-order valence-corrected chi connectivity index (χ1v) is 9.26. The van der Waals surface area contributed by atoms with Gasteiger partial charge < -0.3 is 14.8 Å². The molecule has 0 aromatic heterocycles. The summed E-state index contributed by atoms with van der Waals surface area (Å²) >= 11 is 11.4. The van der Waals surface area contributed by atoms with Gasteiger partial charge in [-0.3, -0.25) is 15.6 Å². The molecule has 0 aliphatic rings. The molecule has 144 valence electrons. The quantitative estimate of drug-likeness (QED) is 0.363. The predicted molar refractivity (Wildman–Crippen MR) is 112 cm³/mol. The van der Waals surface area contributed by atoms with E-state index in [0.717, 1.165) is 18.5 Å². The number of anilines is 1. The molecule has 0 saturated carbocycles. The summed E-state index contributed by atoms with van der Waals surface area (Å²) in [6.45, 7) is 2.60. The molecule has 6 nitrogen and oxygen atoms in total. The minimum atomic E-state index is -0.410. The van der Waals surface area contributed by atoms with Crippen molar-refractivity contribution in [3.63, 3.8) is 0 Å². The molecule has 3 N–H and O–H groups in total. The van der Waals surface area contributed by atoms with Crippen molar-refractivity contribution < 1.29 is 14.3 Å². The molecule has 8 heteroatoms. The van der Waals surface area contributed by atoms with Gasteiger partial charge in [-0.1, -0.05) is 43.1 Å². The molecule has 2 rings (SSSR count). The van der Waals surface area contributed by atoms with E-state index >= 15 is 0 Å². The zero-order valence-electron chi connectivity index (χ0n) is 15.2. The molecule has 2 aromatic rings. The van der Waals surface area contributed by atoms with E-state index in [-0.39, 0.29) is 5.11 Å². The lowest BCUT2D eigenvalue weighted by atomic mass is 10.2. The van der Waals surface area contributed by atoms with Gasteiger partial charge in [-0.05, 0) is 42.9 Å². The van der Waals surface area contributed by atoms with Crippen molar-refractivity contribution in [2.75, 3.05) is 19.0 Å². The summed E-state index contributed by atoms with van der Waals surface area (Å²) in [6.07, 6.45) is 1.90. The number of hydrogen-bond donors (Lipinski definition) is 3. The summed E-state index contributed by atoms with van der Waals surface area (Å²) in [7, 11) is 1.50. The highest BCUT2D eigenvalue weighted by molar-refractivity contribution is 7.80. The molecular weight excluding hydrogens is 386 g/mol.